The Balaban J connectivity index is 2.15. The largest absolute Gasteiger partial charge is 0.389 e. The third-order valence-corrected chi connectivity index (χ3v) is 2.50. The van der Waals surface area contributed by atoms with Gasteiger partial charge in [-0.2, -0.15) is 0 Å². The summed E-state index contributed by atoms with van der Waals surface area (Å²) in [6.45, 7) is 1.59. The number of aliphatic hydroxyl groups is 2. The van der Waals surface area contributed by atoms with Crippen molar-refractivity contribution in [1.82, 2.24) is 4.90 Å². The standard InChI is InChI=1S/C8H13NO2/c10-7-5-9-4-2-1-3-6(9)8(7)11/h1,3,6-8,10-11H,2,4-5H2/t6-,7-,8+/m1/s1. The van der Waals surface area contributed by atoms with Crippen LogP contribution in [0.15, 0.2) is 12.2 Å². The smallest absolute Gasteiger partial charge is 0.100 e. The van der Waals surface area contributed by atoms with Gasteiger partial charge in [0.15, 0.2) is 0 Å². The van der Waals surface area contributed by atoms with Crippen LogP contribution in [-0.4, -0.2) is 46.5 Å². The molecule has 0 saturated carbocycles. The minimum atomic E-state index is -0.577. The maximum atomic E-state index is 9.45. The van der Waals surface area contributed by atoms with Crippen molar-refractivity contribution in [2.45, 2.75) is 24.7 Å². The minimum absolute atomic E-state index is 0.0683. The van der Waals surface area contributed by atoms with Crippen LogP contribution in [0, 0.1) is 0 Å². The quantitative estimate of drug-likeness (QED) is 0.457. The molecule has 1 saturated heterocycles. The first kappa shape index (κ1) is 7.28. The van der Waals surface area contributed by atoms with Crippen molar-refractivity contribution in [3.05, 3.63) is 12.2 Å². The van der Waals surface area contributed by atoms with Crippen molar-refractivity contribution in [2.75, 3.05) is 13.1 Å². The van der Waals surface area contributed by atoms with Crippen molar-refractivity contribution < 1.29 is 10.2 Å². The van der Waals surface area contributed by atoms with E-state index in [9.17, 15) is 10.2 Å². The van der Waals surface area contributed by atoms with E-state index in [2.05, 4.69) is 11.0 Å². The lowest BCUT2D eigenvalue weighted by molar-refractivity contribution is 0.0462. The predicted molar refractivity (Wildman–Crippen MR) is 41.1 cm³/mol. The second-order valence-corrected chi connectivity index (χ2v) is 3.26. The van der Waals surface area contributed by atoms with Crippen LogP contribution in [0.5, 0.6) is 0 Å². The van der Waals surface area contributed by atoms with Crippen LogP contribution in [-0.2, 0) is 0 Å². The number of fused-ring (bicyclic) bond motifs is 1. The topological polar surface area (TPSA) is 43.7 Å². The summed E-state index contributed by atoms with van der Waals surface area (Å²) in [4.78, 5) is 2.12. The highest BCUT2D eigenvalue weighted by atomic mass is 16.3. The van der Waals surface area contributed by atoms with Gasteiger partial charge in [-0.3, -0.25) is 4.90 Å². The van der Waals surface area contributed by atoms with Crippen molar-refractivity contribution in [3.63, 3.8) is 0 Å². The molecule has 2 rings (SSSR count). The van der Waals surface area contributed by atoms with Gasteiger partial charge in [0, 0.05) is 13.1 Å². The van der Waals surface area contributed by atoms with E-state index in [0.717, 1.165) is 13.0 Å². The fraction of sp³-hybridized carbons (Fsp3) is 0.750. The molecular formula is C8H13NO2. The van der Waals surface area contributed by atoms with Crippen LogP contribution < -0.4 is 0 Å². The second-order valence-electron chi connectivity index (χ2n) is 3.26. The molecule has 2 heterocycles. The minimum Gasteiger partial charge on any atom is -0.389 e. The first-order chi connectivity index (χ1) is 5.29. The maximum absolute atomic E-state index is 9.45. The number of aliphatic hydroxyl groups excluding tert-OH is 2. The van der Waals surface area contributed by atoms with E-state index in [4.69, 9.17) is 0 Å². The summed E-state index contributed by atoms with van der Waals surface area (Å²) in [6.07, 6.45) is 3.97. The fourth-order valence-corrected chi connectivity index (χ4v) is 1.87. The maximum Gasteiger partial charge on any atom is 0.100 e. The van der Waals surface area contributed by atoms with Gasteiger partial charge in [-0.1, -0.05) is 12.2 Å². The average molecular weight is 155 g/mol. The van der Waals surface area contributed by atoms with Gasteiger partial charge in [0.1, 0.15) is 6.10 Å². The fourth-order valence-electron chi connectivity index (χ4n) is 1.87. The van der Waals surface area contributed by atoms with Crippen molar-refractivity contribution in [1.29, 1.82) is 0 Å². The lowest BCUT2D eigenvalue weighted by atomic mass is 10.1. The Hall–Kier alpha value is -0.380. The molecular weight excluding hydrogens is 142 g/mol. The van der Waals surface area contributed by atoms with E-state index < -0.39 is 12.2 Å². The van der Waals surface area contributed by atoms with Crippen LogP contribution in [0.4, 0.5) is 0 Å². The van der Waals surface area contributed by atoms with Crippen LogP contribution >= 0.6 is 0 Å². The lowest BCUT2D eigenvalue weighted by Crippen LogP contribution is -2.36. The van der Waals surface area contributed by atoms with Crippen LogP contribution in [0.3, 0.4) is 0 Å². The number of rotatable bonds is 0. The van der Waals surface area contributed by atoms with Gasteiger partial charge in [0.2, 0.25) is 0 Å². The average Bonchev–Trinajstić information content (AvgIpc) is 2.30. The summed E-state index contributed by atoms with van der Waals surface area (Å²) < 4.78 is 0. The van der Waals surface area contributed by atoms with Gasteiger partial charge in [0.05, 0.1) is 12.1 Å². The first-order valence-electron chi connectivity index (χ1n) is 4.06. The van der Waals surface area contributed by atoms with Gasteiger partial charge in [-0.05, 0) is 6.42 Å². The summed E-state index contributed by atoms with van der Waals surface area (Å²) >= 11 is 0. The molecule has 0 radical (unpaired) electrons. The number of hydrogen-bond acceptors (Lipinski definition) is 3. The van der Waals surface area contributed by atoms with E-state index in [1.807, 2.05) is 6.08 Å². The molecule has 0 unspecified atom stereocenters. The predicted octanol–water partition coefficient (Wildman–Crippen LogP) is -0.648. The van der Waals surface area contributed by atoms with Crippen LogP contribution in [0.1, 0.15) is 6.42 Å². The molecule has 2 aliphatic heterocycles. The molecule has 1 fully saturated rings. The molecule has 62 valence electrons. The zero-order valence-electron chi connectivity index (χ0n) is 6.35. The van der Waals surface area contributed by atoms with Gasteiger partial charge in [-0.15, -0.1) is 0 Å². The molecule has 3 heteroatoms. The molecule has 3 nitrogen and oxygen atoms in total. The van der Waals surface area contributed by atoms with Crippen molar-refractivity contribution >= 4 is 0 Å². The zero-order chi connectivity index (χ0) is 7.84. The van der Waals surface area contributed by atoms with E-state index >= 15 is 0 Å². The van der Waals surface area contributed by atoms with E-state index in [0.29, 0.717) is 6.54 Å². The molecule has 0 aromatic carbocycles. The molecule has 11 heavy (non-hydrogen) atoms. The van der Waals surface area contributed by atoms with E-state index in [1.54, 1.807) is 0 Å². The number of nitrogens with zero attached hydrogens (tertiary/aromatic N) is 1. The third kappa shape index (κ3) is 1.09. The first-order valence-corrected chi connectivity index (χ1v) is 4.06. The second kappa shape index (κ2) is 2.59. The van der Waals surface area contributed by atoms with Crippen LogP contribution in [0.2, 0.25) is 0 Å². The molecule has 3 atom stereocenters. The third-order valence-electron chi connectivity index (χ3n) is 2.50. The molecule has 0 amide bonds. The SMILES string of the molecule is O[C@@H]1[C@H](O)CN2CCC=C[C@H]12. The highest BCUT2D eigenvalue weighted by Gasteiger charge is 2.38. The Labute approximate surface area is 65.9 Å². The summed E-state index contributed by atoms with van der Waals surface area (Å²) in [7, 11) is 0. The van der Waals surface area contributed by atoms with E-state index in [1.165, 1.54) is 0 Å². The highest BCUT2D eigenvalue weighted by Crippen LogP contribution is 2.22. The summed E-state index contributed by atoms with van der Waals surface area (Å²) in [5, 5.41) is 18.8. The Morgan fingerprint density at radius 3 is 2.91 bits per heavy atom. The molecule has 0 bridgehead atoms. The molecule has 2 aliphatic rings. The normalized spacial score (nSPS) is 44.4. The molecule has 0 aliphatic carbocycles. The zero-order valence-corrected chi connectivity index (χ0v) is 6.35. The van der Waals surface area contributed by atoms with Crippen molar-refractivity contribution in [2.24, 2.45) is 0 Å². The van der Waals surface area contributed by atoms with Gasteiger partial charge >= 0.3 is 0 Å². The Bertz CT molecular complexity index is 181. The Morgan fingerprint density at radius 1 is 1.36 bits per heavy atom. The number of hydrogen-bond donors (Lipinski definition) is 2. The summed E-state index contributed by atoms with van der Waals surface area (Å²) in [5.41, 5.74) is 0. The molecule has 0 aromatic heterocycles. The lowest BCUT2D eigenvalue weighted by Gasteiger charge is -2.25. The molecule has 2 N–H and O–H groups in total. The molecule has 0 aromatic rings. The van der Waals surface area contributed by atoms with Gasteiger partial charge in [0.25, 0.3) is 0 Å². The Kier molecular flexibility index (Phi) is 1.71. The van der Waals surface area contributed by atoms with Crippen molar-refractivity contribution in [3.8, 4) is 0 Å². The monoisotopic (exact) mass is 155 g/mol. The Morgan fingerprint density at radius 2 is 2.18 bits per heavy atom. The van der Waals surface area contributed by atoms with Gasteiger partial charge in [-0.25, -0.2) is 0 Å². The van der Waals surface area contributed by atoms with Gasteiger partial charge < -0.3 is 10.2 Å². The summed E-state index contributed by atoms with van der Waals surface area (Å²) in [5.74, 6) is 0. The van der Waals surface area contributed by atoms with E-state index in [-0.39, 0.29) is 6.04 Å². The van der Waals surface area contributed by atoms with Crippen LogP contribution in [0.25, 0.3) is 0 Å². The summed E-state index contributed by atoms with van der Waals surface area (Å²) in [6, 6.07) is 0.0683. The highest BCUT2D eigenvalue weighted by molar-refractivity contribution is 5.08. The molecule has 0 spiro atoms.